The van der Waals surface area contributed by atoms with Crippen molar-refractivity contribution >= 4 is 87.2 Å². The molecule has 0 unspecified atom stereocenters. The molecule has 426 valence electrons. The lowest BCUT2D eigenvalue weighted by molar-refractivity contribution is 0.481. The van der Waals surface area contributed by atoms with Crippen LogP contribution in [0.2, 0.25) is 0 Å². The van der Waals surface area contributed by atoms with Gasteiger partial charge in [-0.05, 0) is 118 Å². The number of hydrogen-bond donors (Lipinski definition) is 0. The Balaban J connectivity index is 0.736. The van der Waals surface area contributed by atoms with Gasteiger partial charge in [-0.25, -0.2) is 0 Å². The third-order valence-electron chi connectivity index (χ3n) is 19.1. The van der Waals surface area contributed by atoms with Gasteiger partial charge in [-0.15, -0.1) is 0 Å². The van der Waals surface area contributed by atoms with Crippen molar-refractivity contribution < 1.29 is 9.47 Å². The first-order chi connectivity index (χ1) is 45.1. The van der Waals surface area contributed by atoms with E-state index in [9.17, 15) is 0 Å². The van der Waals surface area contributed by atoms with Crippen LogP contribution < -0.4 is 9.47 Å². The first-order valence-corrected chi connectivity index (χ1v) is 31.1. The molecule has 6 nitrogen and oxygen atoms in total. The second kappa shape index (κ2) is 20.0. The Hall–Kier alpha value is -12.1. The number of fused-ring (bicyclic) bond motifs is 15. The van der Waals surface area contributed by atoms with E-state index in [1.807, 2.05) is 0 Å². The Bertz CT molecular complexity index is 5130. The predicted molar refractivity (Wildman–Crippen MR) is 374 cm³/mol. The first-order valence-electron chi connectivity index (χ1n) is 31.1. The van der Waals surface area contributed by atoms with Crippen LogP contribution in [0.25, 0.3) is 121 Å². The molecule has 0 amide bonds. The van der Waals surface area contributed by atoms with Crippen LogP contribution in [0, 0.1) is 0 Å². The zero-order valence-electron chi connectivity index (χ0n) is 49.3. The molecule has 18 aromatic rings. The monoisotopic (exact) mass is 1160 g/mol. The van der Waals surface area contributed by atoms with Crippen molar-refractivity contribution in [2.45, 2.75) is 5.41 Å². The quantitative estimate of drug-likeness (QED) is 0.137. The average molecular weight is 1160 g/mol. The lowest BCUT2D eigenvalue weighted by atomic mass is 9.68. The number of aromatic nitrogens is 4. The average Bonchev–Trinajstić information content (AvgIpc) is 1.59. The van der Waals surface area contributed by atoms with Gasteiger partial charge in [0, 0.05) is 67.4 Å². The summed E-state index contributed by atoms with van der Waals surface area (Å²) in [7, 11) is 0. The van der Waals surface area contributed by atoms with E-state index >= 15 is 0 Å². The Morgan fingerprint density at radius 2 is 0.418 bits per heavy atom. The lowest BCUT2D eigenvalue weighted by Gasteiger charge is -2.34. The van der Waals surface area contributed by atoms with Gasteiger partial charge >= 0.3 is 0 Å². The van der Waals surface area contributed by atoms with Crippen LogP contribution in [0.3, 0.4) is 0 Å². The molecule has 0 N–H and O–H groups in total. The predicted octanol–water partition coefficient (Wildman–Crippen LogP) is 22.0. The number of ether oxygens (including phenoxy) is 2. The van der Waals surface area contributed by atoms with E-state index in [0.717, 1.165) is 101 Å². The van der Waals surface area contributed by atoms with E-state index in [1.54, 1.807) is 0 Å². The first kappa shape index (κ1) is 51.0. The van der Waals surface area contributed by atoms with Gasteiger partial charge in [0.15, 0.2) is 0 Å². The molecular formula is C85H54N4O2. The van der Waals surface area contributed by atoms with Gasteiger partial charge in [-0.2, -0.15) is 0 Å². The standard InChI is InChI=1S/C85H54N4O2/c1-11-31-75-65(21-1)66-22-2-12-32-76(66)85(75,55-41-45-61(46-42-55)90-63-51-57(86-77-33-13-3-23-67(77)68-24-4-14-34-78(68)86)49-58(52-63)87-79-35-15-5-25-69(79)70-26-6-16-36-80(70)87)56-43-47-62(48-44-56)91-64-53-59(88-81-37-17-7-27-71(81)72-28-8-18-38-82(72)88)50-60(54-64)89-83-39-19-9-29-73(83)74-30-10-20-40-84(74)89/h1-54H. The minimum Gasteiger partial charge on any atom is -0.457 e. The summed E-state index contributed by atoms with van der Waals surface area (Å²) < 4.78 is 23.9. The van der Waals surface area contributed by atoms with Crippen molar-refractivity contribution in [3.8, 4) is 56.9 Å². The van der Waals surface area contributed by atoms with Crippen molar-refractivity contribution in [3.05, 3.63) is 350 Å². The second-order valence-corrected chi connectivity index (χ2v) is 23.9. The smallest absolute Gasteiger partial charge is 0.131 e. The molecule has 0 aliphatic heterocycles. The molecule has 14 aromatic carbocycles. The zero-order chi connectivity index (χ0) is 59.7. The van der Waals surface area contributed by atoms with Gasteiger partial charge < -0.3 is 27.7 Å². The van der Waals surface area contributed by atoms with Crippen molar-refractivity contribution in [2.75, 3.05) is 0 Å². The largest absolute Gasteiger partial charge is 0.457 e. The van der Waals surface area contributed by atoms with Crippen molar-refractivity contribution in [1.82, 2.24) is 18.3 Å². The van der Waals surface area contributed by atoms with Gasteiger partial charge in [0.1, 0.15) is 23.0 Å². The van der Waals surface area contributed by atoms with Crippen LogP contribution in [0.4, 0.5) is 0 Å². The van der Waals surface area contributed by atoms with Gasteiger partial charge in [-0.3, -0.25) is 0 Å². The molecule has 1 aliphatic rings. The highest BCUT2D eigenvalue weighted by Gasteiger charge is 2.46. The van der Waals surface area contributed by atoms with Crippen molar-refractivity contribution in [2.24, 2.45) is 0 Å². The molecule has 0 fully saturated rings. The highest BCUT2D eigenvalue weighted by Crippen LogP contribution is 2.56. The minimum atomic E-state index is -0.676. The summed E-state index contributed by atoms with van der Waals surface area (Å²) in [6.45, 7) is 0. The van der Waals surface area contributed by atoms with Gasteiger partial charge in [-0.1, -0.05) is 218 Å². The third-order valence-corrected chi connectivity index (χ3v) is 19.1. The molecule has 4 aromatic heterocycles. The summed E-state index contributed by atoms with van der Waals surface area (Å²) >= 11 is 0. The van der Waals surface area contributed by atoms with Crippen molar-refractivity contribution in [1.29, 1.82) is 0 Å². The maximum Gasteiger partial charge on any atom is 0.131 e. The summed E-state index contributed by atoms with van der Waals surface area (Å²) in [5, 5.41) is 9.64. The third kappa shape index (κ3) is 7.66. The summed E-state index contributed by atoms with van der Waals surface area (Å²) in [4.78, 5) is 0. The summed E-state index contributed by atoms with van der Waals surface area (Å²) in [5.74, 6) is 2.93. The molecule has 4 heterocycles. The topological polar surface area (TPSA) is 38.2 Å². The Labute approximate surface area is 524 Å². The fraction of sp³-hybridized carbons (Fsp3) is 0.0118. The minimum absolute atomic E-state index is 0.676. The number of para-hydroxylation sites is 8. The van der Waals surface area contributed by atoms with E-state index in [-0.39, 0.29) is 0 Å². The highest BCUT2D eigenvalue weighted by molar-refractivity contribution is 6.12. The normalized spacial score (nSPS) is 12.7. The number of benzene rings is 14. The van der Waals surface area contributed by atoms with Gasteiger partial charge in [0.2, 0.25) is 0 Å². The Morgan fingerprint density at radius 3 is 0.670 bits per heavy atom. The van der Waals surface area contributed by atoms with Crippen molar-refractivity contribution in [3.63, 3.8) is 0 Å². The Kier molecular flexibility index (Phi) is 11.2. The summed E-state index contributed by atoms with van der Waals surface area (Å²) in [5.41, 5.74) is 19.6. The molecule has 0 radical (unpaired) electrons. The van der Waals surface area contributed by atoms with Crippen LogP contribution in [0.15, 0.2) is 328 Å². The van der Waals surface area contributed by atoms with E-state index in [0.29, 0.717) is 0 Å². The molecule has 0 saturated carbocycles. The lowest BCUT2D eigenvalue weighted by Crippen LogP contribution is -2.28. The number of nitrogens with zero attached hydrogens (tertiary/aromatic N) is 4. The fourth-order valence-corrected chi connectivity index (χ4v) is 15.4. The number of rotatable bonds is 10. The van der Waals surface area contributed by atoms with E-state index in [4.69, 9.17) is 9.47 Å². The molecular weight excluding hydrogens is 1110 g/mol. The molecule has 0 spiro atoms. The fourth-order valence-electron chi connectivity index (χ4n) is 15.4. The maximum atomic E-state index is 7.17. The van der Waals surface area contributed by atoms with Crippen LogP contribution >= 0.6 is 0 Å². The zero-order valence-corrected chi connectivity index (χ0v) is 49.3. The molecule has 0 atom stereocenters. The molecule has 6 heteroatoms. The maximum absolute atomic E-state index is 7.17. The number of hydrogen-bond acceptors (Lipinski definition) is 2. The molecule has 19 rings (SSSR count). The van der Waals surface area contributed by atoms with E-state index in [2.05, 4.69) is 346 Å². The molecule has 91 heavy (non-hydrogen) atoms. The van der Waals surface area contributed by atoms with Crippen LogP contribution in [0.1, 0.15) is 22.3 Å². The van der Waals surface area contributed by atoms with Gasteiger partial charge in [0.25, 0.3) is 0 Å². The van der Waals surface area contributed by atoms with Gasteiger partial charge in [0.05, 0.1) is 72.3 Å². The second-order valence-electron chi connectivity index (χ2n) is 23.9. The van der Waals surface area contributed by atoms with E-state index < -0.39 is 5.41 Å². The molecule has 0 bridgehead atoms. The highest BCUT2D eigenvalue weighted by atomic mass is 16.5. The van der Waals surface area contributed by atoms with E-state index in [1.165, 1.54) is 65.3 Å². The van der Waals surface area contributed by atoms with Crippen LogP contribution in [-0.2, 0) is 5.41 Å². The molecule has 1 aliphatic carbocycles. The Morgan fingerprint density at radius 1 is 0.198 bits per heavy atom. The summed E-state index contributed by atoms with van der Waals surface area (Å²) in [6, 6.07) is 118. The van der Waals surface area contributed by atoms with Crippen LogP contribution in [0.5, 0.6) is 23.0 Å². The molecule has 0 saturated heterocycles. The summed E-state index contributed by atoms with van der Waals surface area (Å²) in [6.07, 6.45) is 0. The van der Waals surface area contributed by atoms with Crippen LogP contribution in [-0.4, -0.2) is 18.3 Å². The SMILES string of the molecule is c1ccc2c(c1)-c1ccccc1C2(c1ccc(Oc2cc(-n3c4ccccc4c4ccccc43)cc(-n3c4ccccc4c4ccccc43)c2)cc1)c1ccc(Oc2cc(-n3c4ccccc4c4ccccc43)cc(-n3c4ccccc4c4ccccc43)c2)cc1.